The van der Waals surface area contributed by atoms with Crippen LogP contribution in [-0.4, -0.2) is 49.5 Å². The van der Waals surface area contributed by atoms with Crippen LogP contribution in [0.25, 0.3) is 0 Å². The molecule has 0 bridgehead atoms. The number of aliphatic imine (C=N–C) groups is 1. The summed E-state index contributed by atoms with van der Waals surface area (Å²) in [5.74, 6) is 1.13. The Labute approximate surface area is 113 Å². The smallest absolute Gasteiger partial charge is 0.220 e. The van der Waals surface area contributed by atoms with Gasteiger partial charge >= 0.3 is 0 Å². The zero-order chi connectivity index (χ0) is 10.7. The number of guanidine groups is 1. The number of piperidine rings is 1. The Morgan fingerprint density at radius 3 is 3.06 bits per heavy atom. The second kappa shape index (κ2) is 6.27. The topological polar surface area (TPSA) is 56.7 Å². The summed E-state index contributed by atoms with van der Waals surface area (Å²) in [4.78, 5) is 17.6. The van der Waals surface area contributed by atoms with E-state index in [1.54, 1.807) is 0 Å². The zero-order valence-electron chi connectivity index (χ0n) is 9.53. The van der Waals surface area contributed by atoms with Crippen LogP contribution in [0.2, 0.25) is 0 Å². The van der Waals surface area contributed by atoms with Gasteiger partial charge in [-0.3, -0.25) is 9.79 Å². The summed E-state index contributed by atoms with van der Waals surface area (Å²) in [6.07, 6.45) is 2.74. The van der Waals surface area contributed by atoms with Crippen molar-refractivity contribution in [3.8, 4) is 0 Å². The SMILES string of the molecule is CN1CCN=C1NCC1CCCC(=O)N1.I. The highest BCUT2D eigenvalue weighted by Gasteiger charge is 2.19. The van der Waals surface area contributed by atoms with E-state index in [0.717, 1.165) is 38.4 Å². The Kier molecular flexibility index (Phi) is 5.30. The van der Waals surface area contributed by atoms with E-state index < -0.39 is 0 Å². The van der Waals surface area contributed by atoms with Gasteiger partial charge in [0.15, 0.2) is 5.96 Å². The van der Waals surface area contributed by atoms with Gasteiger partial charge in [0.2, 0.25) is 5.91 Å². The molecule has 0 saturated carbocycles. The largest absolute Gasteiger partial charge is 0.354 e. The third kappa shape index (κ3) is 3.50. The summed E-state index contributed by atoms with van der Waals surface area (Å²) < 4.78 is 0. The highest BCUT2D eigenvalue weighted by molar-refractivity contribution is 14.0. The summed E-state index contributed by atoms with van der Waals surface area (Å²) in [5, 5.41) is 6.26. The number of hydrogen-bond donors (Lipinski definition) is 2. The number of nitrogens with zero attached hydrogens (tertiary/aromatic N) is 2. The number of carbonyl (C=O) groups excluding carboxylic acids is 1. The van der Waals surface area contributed by atoms with E-state index in [1.807, 2.05) is 7.05 Å². The van der Waals surface area contributed by atoms with Crippen LogP contribution < -0.4 is 10.6 Å². The van der Waals surface area contributed by atoms with Crippen molar-refractivity contribution in [1.82, 2.24) is 15.5 Å². The Hall–Kier alpha value is -0.530. The first-order valence-corrected chi connectivity index (χ1v) is 5.54. The molecule has 2 heterocycles. The quantitative estimate of drug-likeness (QED) is 0.706. The van der Waals surface area contributed by atoms with Gasteiger partial charge in [-0.25, -0.2) is 0 Å². The Morgan fingerprint density at radius 1 is 1.62 bits per heavy atom. The molecule has 2 aliphatic heterocycles. The van der Waals surface area contributed by atoms with Gasteiger partial charge in [0.05, 0.1) is 6.54 Å². The minimum absolute atomic E-state index is 0. The molecular formula is C10H19IN4O. The number of rotatable bonds is 2. The van der Waals surface area contributed by atoms with E-state index in [4.69, 9.17) is 0 Å². The molecule has 0 spiro atoms. The average Bonchev–Trinajstić information content (AvgIpc) is 2.61. The number of amides is 1. The third-order valence-corrected chi connectivity index (χ3v) is 2.89. The van der Waals surface area contributed by atoms with Crippen LogP contribution in [0.4, 0.5) is 0 Å². The lowest BCUT2D eigenvalue weighted by Crippen LogP contribution is -2.48. The number of nitrogens with one attached hydrogen (secondary N) is 2. The van der Waals surface area contributed by atoms with Crippen LogP contribution in [0.1, 0.15) is 19.3 Å². The highest BCUT2D eigenvalue weighted by Crippen LogP contribution is 2.07. The van der Waals surface area contributed by atoms with Gasteiger partial charge in [0.1, 0.15) is 0 Å². The van der Waals surface area contributed by atoms with Crippen LogP contribution in [-0.2, 0) is 4.79 Å². The Balaban J connectivity index is 0.00000128. The molecule has 16 heavy (non-hydrogen) atoms. The molecule has 6 heteroatoms. The second-order valence-electron chi connectivity index (χ2n) is 4.16. The van der Waals surface area contributed by atoms with Crippen molar-refractivity contribution in [2.45, 2.75) is 25.3 Å². The van der Waals surface area contributed by atoms with Crippen LogP contribution in [0, 0.1) is 0 Å². The van der Waals surface area contributed by atoms with Crippen LogP contribution >= 0.6 is 24.0 Å². The molecule has 2 N–H and O–H groups in total. The minimum Gasteiger partial charge on any atom is -0.354 e. The van der Waals surface area contributed by atoms with Crippen molar-refractivity contribution in [3.05, 3.63) is 0 Å². The molecule has 1 amide bonds. The predicted octanol–water partition coefficient (Wildman–Crippen LogP) is 0.164. The fourth-order valence-corrected chi connectivity index (χ4v) is 1.97. The number of hydrogen-bond acceptors (Lipinski definition) is 4. The second-order valence-corrected chi connectivity index (χ2v) is 4.16. The molecule has 92 valence electrons. The number of likely N-dealkylation sites (N-methyl/N-ethyl adjacent to an activating group) is 1. The maximum atomic E-state index is 11.2. The molecule has 1 atom stereocenters. The maximum absolute atomic E-state index is 11.2. The highest BCUT2D eigenvalue weighted by atomic mass is 127. The lowest BCUT2D eigenvalue weighted by molar-refractivity contribution is -0.123. The molecule has 0 aliphatic carbocycles. The van der Waals surface area contributed by atoms with Crippen molar-refractivity contribution in [3.63, 3.8) is 0 Å². The Bertz CT molecular complexity index is 282. The molecule has 2 aliphatic rings. The summed E-state index contributed by atoms with van der Waals surface area (Å²) in [5.41, 5.74) is 0. The first-order valence-electron chi connectivity index (χ1n) is 5.54. The van der Waals surface area contributed by atoms with Gasteiger partial charge < -0.3 is 15.5 Å². The molecule has 2 rings (SSSR count). The average molecular weight is 338 g/mol. The monoisotopic (exact) mass is 338 g/mol. The lowest BCUT2D eigenvalue weighted by atomic mass is 10.0. The molecule has 5 nitrogen and oxygen atoms in total. The lowest BCUT2D eigenvalue weighted by Gasteiger charge is -2.25. The van der Waals surface area contributed by atoms with Crippen LogP contribution in [0.3, 0.4) is 0 Å². The van der Waals surface area contributed by atoms with E-state index in [1.165, 1.54) is 0 Å². The van der Waals surface area contributed by atoms with Crippen molar-refractivity contribution in [2.24, 2.45) is 4.99 Å². The third-order valence-electron chi connectivity index (χ3n) is 2.89. The van der Waals surface area contributed by atoms with Crippen LogP contribution in [0.15, 0.2) is 4.99 Å². The molecule has 0 aromatic rings. The number of halogens is 1. The van der Waals surface area contributed by atoms with Gasteiger partial charge in [-0.1, -0.05) is 0 Å². The van der Waals surface area contributed by atoms with E-state index >= 15 is 0 Å². The van der Waals surface area contributed by atoms with Crippen molar-refractivity contribution < 1.29 is 4.79 Å². The van der Waals surface area contributed by atoms with Crippen molar-refractivity contribution in [1.29, 1.82) is 0 Å². The zero-order valence-corrected chi connectivity index (χ0v) is 11.9. The fraction of sp³-hybridized carbons (Fsp3) is 0.800. The summed E-state index contributed by atoms with van der Waals surface area (Å²) in [6.45, 7) is 2.64. The summed E-state index contributed by atoms with van der Waals surface area (Å²) >= 11 is 0. The summed E-state index contributed by atoms with van der Waals surface area (Å²) in [6, 6.07) is 0.267. The van der Waals surface area contributed by atoms with E-state index in [9.17, 15) is 4.79 Å². The van der Waals surface area contributed by atoms with Crippen molar-refractivity contribution in [2.75, 3.05) is 26.7 Å². The van der Waals surface area contributed by atoms with Gasteiger partial charge in [-0.05, 0) is 12.8 Å². The molecule has 0 radical (unpaired) electrons. The first-order chi connectivity index (χ1) is 7.25. The van der Waals surface area contributed by atoms with Gasteiger partial charge in [0.25, 0.3) is 0 Å². The van der Waals surface area contributed by atoms with Gasteiger partial charge in [0, 0.05) is 32.6 Å². The van der Waals surface area contributed by atoms with E-state index in [-0.39, 0.29) is 35.9 Å². The van der Waals surface area contributed by atoms with E-state index in [0.29, 0.717) is 6.42 Å². The molecule has 0 aromatic heterocycles. The fourth-order valence-electron chi connectivity index (χ4n) is 1.97. The van der Waals surface area contributed by atoms with Crippen LogP contribution in [0.5, 0.6) is 0 Å². The Morgan fingerprint density at radius 2 is 2.44 bits per heavy atom. The molecule has 1 unspecified atom stereocenters. The molecule has 0 aromatic carbocycles. The number of carbonyl (C=O) groups is 1. The minimum atomic E-state index is 0. The first kappa shape index (κ1) is 13.5. The van der Waals surface area contributed by atoms with Crippen molar-refractivity contribution >= 4 is 35.8 Å². The molecule has 1 saturated heterocycles. The summed E-state index contributed by atoms with van der Waals surface area (Å²) in [7, 11) is 2.03. The normalized spacial score (nSPS) is 24.6. The molecule has 1 fully saturated rings. The van der Waals surface area contributed by atoms with Gasteiger partial charge in [-0.15, -0.1) is 24.0 Å². The van der Waals surface area contributed by atoms with E-state index in [2.05, 4.69) is 20.5 Å². The standard InChI is InChI=1S/C10H18N4O.HI/c1-14-6-5-11-10(14)12-7-8-3-2-4-9(15)13-8;/h8H,2-7H2,1H3,(H,11,12)(H,13,15);1H. The predicted molar refractivity (Wildman–Crippen MR) is 74.1 cm³/mol. The molecular weight excluding hydrogens is 319 g/mol. The maximum Gasteiger partial charge on any atom is 0.220 e. The van der Waals surface area contributed by atoms with Gasteiger partial charge in [-0.2, -0.15) is 0 Å².